The van der Waals surface area contributed by atoms with Crippen LogP contribution in [0.4, 0.5) is 0 Å². The molecule has 0 spiro atoms. The maximum atomic E-state index is 12.2. The van der Waals surface area contributed by atoms with E-state index in [0.717, 1.165) is 5.57 Å². The highest BCUT2D eigenvalue weighted by Gasteiger charge is 2.61. The molecule has 18 heavy (non-hydrogen) atoms. The Morgan fingerprint density at radius 3 is 2.50 bits per heavy atom. The predicted octanol–water partition coefficient (Wildman–Crippen LogP) is 2.28. The van der Waals surface area contributed by atoms with Crippen LogP contribution in [0.2, 0.25) is 0 Å². The van der Waals surface area contributed by atoms with Gasteiger partial charge in [0.25, 0.3) is 0 Å². The molecule has 2 aliphatic carbocycles. The van der Waals surface area contributed by atoms with E-state index in [1.807, 2.05) is 33.8 Å². The molecule has 3 nitrogen and oxygen atoms in total. The molecule has 100 valence electrons. The maximum absolute atomic E-state index is 12.2. The van der Waals surface area contributed by atoms with Gasteiger partial charge in [0, 0.05) is 18.8 Å². The third-order valence-electron chi connectivity index (χ3n) is 4.93. The largest absolute Gasteiger partial charge is 0.381 e. The van der Waals surface area contributed by atoms with Crippen molar-refractivity contribution in [1.29, 1.82) is 0 Å². The number of allylic oxidation sites excluding steroid dienone is 2. The van der Waals surface area contributed by atoms with Crippen LogP contribution >= 0.6 is 0 Å². The van der Waals surface area contributed by atoms with Crippen LogP contribution in [0.15, 0.2) is 11.6 Å². The molecular formula is C15H22O3. The average molecular weight is 250 g/mol. The van der Waals surface area contributed by atoms with E-state index in [0.29, 0.717) is 19.3 Å². The summed E-state index contributed by atoms with van der Waals surface area (Å²) in [5.74, 6) is -0.232. The lowest BCUT2D eigenvalue weighted by Gasteiger charge is -2.37. The highest BCUT2D eigenvalue weighted by atomic mass is 16.3. The Hall–Kier alpha value is -0.960. The highest BCUT2D eigenvalue weighted by molar-refractivity contribution is 5.98. The summed E-state index contributed by atoms with van der Waals surface area (Å²) in [7, 11) is 0. The Kier molecular flexibility index (Phi) is 3.01. The smallest absolute Gasteiger partial charge is 0.165 e. The van der Waals surface area contributed by atoms with E-state index in [2.05, 4.69) is 0 Å². The minimum Gasteiger partial charge on any atom is -0.381 e. The summed E-state index contributed by atoms with van der Waals surface area (Å²) >= 11 is 0. The van der Waals surface area contributed by atoms with E-state index < -0.39 is 5.60 Å². The van der Waals surface area contributed by atoms with Crippen LogP contribution in [0.25, 0.3) is 0 Å². The van der Waals surface area contributed by atoms with Gasteiger partial charge in [-0.1, -0.05) is 26.8 Å². The molecule has 0 bridgehead atoms. The van der Waals surface area contributed by atoms with Crippen molar-refractivity contribution in [3.05, 3.63) is 11.6 Å². The predicted molar refractivity (Wildman–Crippen MR) is 69.0 cm³/mol. The van der Waals surface area contributed by atoms with Crippen molar-refractivity contribution >= 4 is 11.6 Å². The Bertz CT molecular complexity index is 435. The fraction of sp³-hybridized carbons (Fsp3) is 0.733. The molecule has 1 N–H and O–H groups in total. The van der Waals surface area contributed by atoms with Gasteiger partial charge in [0.15, 0.2) is 11.6 Å². The monoisotopic (exact) mass is 250 g/mol. The normalized spacial score (nSPS) is 40.8. The second-order valence-corrected chi connectivity index (χ2v) is 6.51. The van der Waals surface area contributed by atoms with Gasteiger partial charge in [-0.3, -0.25) is 9.59 Å². The summed E-state index contributed by atoms with van der Waals surface area (Å²) < 4.78 is 0. The zero-order valence-electron chi connectivity index (χ0n) is 11.6. The summed E-state index contributed by atoms with van der Waals surface area (Å²) in [5.41, 5.74) is -0.887. The van der Waals surface area contributed by atoms with Crippen LogP contribution in [0, 0.1) is 17.3 Å². The molecule has 3 atom stereocenters. The van der Waals surface area contributed by atoms with Gasteiger partial charge in [-0.2, -0.15) is 0 Å². The molecule has 2 rings (SSSR count). The molecule has 0 radical (unpaired) electrons. The van der Waals surface area contributed by atoms with E-state index in [1.54, 1.807) is 0 Å². The molecule has 0 aromatic rings. The van der Waals surface area contributed by atoms with Crippen LogP contribution in [0.3, 0.4) is 0 Å². The Labute approximate surface area is 108 Å². The van der Waals surface area contributed by atoms with Crippen molar-refractivity contribution < 1.29 is 14.7 Å². The Balaban J connectivity index is 2.47. The lowest BCUT2D eigenvalue weighted by atomic mass is 9.69. The lowest BCUT2D eigenvalue weighted by molar-refractivity contribution is -0.143. The van der Waals surface area contributed by atoms with Crippen molar-refractivity contribution in [2.24, 2.45) is 17.3 Å². The van der Waals surface area contributed by atoms with Crippen molar-refractivity contribution in [3.8, 4) is 0 Å². The summed E-state index contributed by atoms with van der Waals surface area (Å²) in [6, 6.07) is 0. The topological polar surface area (TPSA) is 54.4 Å². The van der Waals surface area contributed by atoms with Crippen molar-refractivity contribution in [2.45, 2.75) is 52.6 Å². The number of hydrogen-bond donors (Lipinski definition) is 1. The maximum Gasteiger partial charge on any atom is 0.165 e. The molecule has 1 saturated carbocycles. The van der Waals surface area contributed by atoms with Gasteiger partial charge in [-0.25, -0.2) is 0 Å². The van der Waals surface area contributed by atoms with Gasteiger partial charge in [0.2, 0.25) is 0 Å². The molecule has 0 aliphatic heterocycles. The fourth-order valence-corrected chi connectivity index (χ4v) is 3.65. The molecule has 0 aromatic carbocycles. The van der Waals surface area contributed by atoms with Crippen molar-refractivity contribution in [2.75, 3.05) is 0 Å². The van der Waals surface area contributed by atoms with Crippen LogP contribution < -0.4 is 0 Å². The van der Waals surface area contributed by atoms with Crippen LogP contribution in [-0.2, 0) is 9.59 Å². The number of Topliss-reactive ketones (excluding diaryl/α,β-unsaturated/α-hetero) is 2. The van der Waals surface area contributed by atoms with Crippen molar-refractivity contribution in [1.82, 2.24) is 0 Å². The van der Waals surface area contributed by atoms with E-state index in [-0.39, 0.29) is 28.8 Å². The number of ketones is 2. The van der Waals surface area contributed by atoms with Crippen molar-refractivity contribution in [3.63, 3.8) is 0 Å². The first-order chi connectivity index (χ1) is 8.21. The Morgan fingerprint density at radius 2 is 1.94 bits per heavy atom. The van der Waals surface area contributed by atoms with Gasteiger partial charge in [-0.15, -0.1) is 0 Å². The van der Waals surface area contributed by atoms with E-state index >= 15 is 0 Å². The van der Waals surface area contributed by atoms with E-state index in [9.17, 15) is 14.7 Å². The third kappa shape index (κ3) is 1.68. The third-order valence-corrected chi connectivity index (χ3v) is 4.93. The zero-order valence-corrected chi connectivity index (χ0v) is 11.6. The molecule has 0 heterocycles. The van der Waals surface area contributed by atoms with Gasteiger partial charge in [-0.05, 0) is 30.3 Å². The Morgan fingerprint density at radius 1 is 1.33 bits per heavy atom. The number of carbonyl (C=O) groups excluding carboxylic acids is 2. The van der Waals surface area contributed by atoms with Gasteiger partial charge in [0.1, 0.15) is 5.60 Å². The summed E-state index contributed by atoms with van der Waals surface area (Å²) in [6.07, 6.45) is 3.21. The summed E-state index contributed by atoms with van der Waals surface area (Å²) in [4.78, 5) is 24.2. The number of hydrogen-bond acceptors (Lipinski definition) is 3. The number of aliphatic hydroxyl groups is 1. The lowest BCUT2D eigenvalue weighted by Crippen LogP contribution is -2.47. The highest BCUT2D eigenvalue weighted by Crippen LogP contribution is 2.55. The number of fused-ring (bicyclic) bond motifs is 1. The summed E-state index contributed by atoms with van der Waals surface area (Å²) in [5, 5.41) is 10.8. The second-order valence-electron chi connectivity index (χ2n) is 6.51. The zero-order chi connectivity index (χ0) is 13.7. The molecule has 2 aliphatic rings. The van der Waals surface area contributed by atoms with Gasteiger partial charge < -0.3 is 5.11 Å². The average Bonchev–Trinajstić information content (AvgIpc) is 2.36. The second kappa shape index (κ2) is 4.02. The minimum absolute atomic E-state index is 0.0919. The quantitative estimate of drug-likeness (QED) is 0.776. The number of carbonyl (C=O) groups is 2. The van der Waals surface area contributed by atoms with Crippen LogP contribution in [0.5, 0.6) is 0 Å². The minimum atomic E-state index is -1.27. The standard InChI is InChI=1S/C15H22O3/c1-9(2)15(18)12-6-5-10(3)11(16)7-14(12,4)8-13(15)17/h5,9,12,18H,6-8H2,1-4H3/t12-,14+,15-/m0/s1. The SMILES string of the molecule is CC1=CC[C@H]2[C@](C)(CC1=O)CC(=O)[C@]2(O)C(C)C. The molecule has 3 heteroatoms. The molecule has 0 amide bonds. The van der Waals surface area contributed by atoms with E-state index in [1.165, 1.54) is 0 Å². The molecular weight excluding hydrogens is 228 g/mol. The van der Waals surface area contributed by atoms with Crippen LogP contribution in [-0.4, -0.2) is 22.3 Å². The fourth-order valence-electron chi connectivity index (χ4n) is 3.65. The molecule has 0 aromatic heterocycles. The summed E-state index contributed by atoms with van der Waals surface area (Å²) in [6.45, 7) is 7.56. The molecule has 0 unspecified atom stereocenters. The first kappa shape index (κ1) is 13.5. The van der Waals surface area contributed by atoms with E-state index in [4.69, 9.17) is 0 Å². The number of rotatable bonds is 1. The first-order valence-corrected chi connectivity index (χ1v) is 6.67. The first-order valence-electron chi connectivity index (χ1n) is 6.67. The van der Waals surface area contributed by atoms with Gasteiger partial charge >= 0.3 is 0 Å². The van der Waals surface area contributed by atoms with Crippen LogP contribution in [0.1, 0.15) is 47.0 Å². The van der Waals surface area contributed by atoms with Gasteiger partial charge in [0.05, 0.1) is 0 Å². The molecule has 1 fully saturated rings. The molecule has 0 saturated heterocycles.